The number of rotatable bonds is 2. The second-order valence-corrected chi connectivity index (χ2v) is 4.04. The van der Waals surface area contributed by atoms with Crippen LogP contribution in [0.5, 0.6) is 5.75 Å². The van der Waals surface area contributed by atoms with Gasteiger partial charge in [-0.05, 0) is 17.7 Å². The first kappa shape index (κ1) is 9.53. The lowest BCUT2D eigenvalue weighted by Gasteiger charge is -2.09. The normalized spacial score (nSPS) is 15.0. The van der Waals surface area contributed by atoms with Crippen LogP contribution in [0.25, 0.3) is 0 Å². The maximum Gasteiger partial charge on any atom is 0.120 e. The molecule has 0 aliphatic heterocycles. The van der Waals surface area contributed by atoms with E-state index in [4.69, 9.17) is 4.74 Å². The van der Waals surface area contributed by atoms with Gasteiger partial charge in [-0.2, -0.15) is 0 Å². The van der Waals surface area contributed by atoms with Crippen LogP contribution in [0.3, 0.4) is 0 Å². The van der Waals surface area contributed by atoms with Crippen molar-refractivity contribution < 1.29 is 4.74 Å². The van der Waals surface area contributed by atoms with E-state index in [2.05, 4.69) is 46.3 Å². The third-order valence-electron chi connectivity index (χ3n) is 2.31. The van der Waals surface area contributed by atoms with Crippen molar-refractivity contribution in [3.8, 4) is 5.75 Å². The van der Waals surface area contributed by atoms with Crippen LogP contribution in [0.4, 0.5) is 0 Å². The maximum absolute atomic E-state index is 5.15. The molecular formula is C12H11BrO. The first-order chi connectivity index (χ1) is 6.81. The van der Waals surface area contributed by atoms with Crippen LogP contribution in [-0.2, 0) is 0 Å². The number of benzene rings is 1. The predicted molar refractivity (Wildman–Crippen MR) is 61.7 cm³/mol. The predicted octanol–water partition coefficient (Wildman–Crippen LogP) is 3.67. The summed E-state index contributed by atoms with van der Waals surface area (Å²) in [5.41, 5.74) is 1.27. The molecule has 0 saturated heterocycles. The van der Waals surface area contributed by atoms with Gasteiger partial charge < -0.3 is 4.74 Å². The number of hydrogen-bond acceptors (Lipinski definition) is 1. The molecule has 1 aliphatic carbocycles. The van der Waals surface area contributed by atoms with Gasteiger partial charge in [0.25, 0.3) is 0 Å². The van der Waals surface area contributed by atoms with Crippen LogP contribution in [-0.4, -0.2) is 7.11 Å². The van der Waals surface area contributed by atoms with Gasteiger partial charge in [-0.1, -0.05) is 46.3 Å². The summed E-state index contributed by atoms with van der Waals surface area (Å²) in [5, 5.41) is 0. The highest BCUT2D eigenvalue weighted by Gasteiger charge is 2.10. The molecule has 0 heterocycles. The van der Waals surface area contributed by atoms with Gasteiger partial charge in [0.15, 0.2) is 0 Å². The van der Waals surface area contributed by atoms with Gasteiger partial charge in [0.05, 0.1) is 7.11 Å². The minimum absolute atomic E-state index is 0.398. The molecule has 72 valence electrons. The molecule has 1 aromatic carbocycles. The Hall–Kier alpha value is -1.02. The van der Waals surface area contributed by atoms with Crippen molar-refractivity contribution in [1.82, 2.24) is 0 Å². The van der Waals surface area contributed by atoms with Crippen LogP contribution < -0.4 is 4.74 Å². The number of allylic oxidation sites excluding steroid dienone is 4. The first-order valence-corrected chi connectivity index (χ1v) is 5.29. The van der Waals surface area contributed by atoms with E-state index in [1.165, 1.54) is 5.56 Å². The van der Waals surface area contributed by atoms with Crippen molar-refractivity contribution in [2.75, 3.05) is 7.11 Å². The first-order valence-electron chi connectivity index (χ1n) is 4.49. The molecule has 0 bridgehead atoms. The maximum atomic E-state index is 5.15. The zero-order chi connectivity index (χ0) is 9.97. The Bertz CT molecular complexity index is 381. The SMILES string of the molecule is COc1ccc(C2C=CC=C2)c(Br)c1. The fraction of sp³-hybridized carbons (Fsp3) is 0.167. The number of methoxy groups -OCH3 is 1. The third kappa shape index (κ3) is 1.75. The van der Waals surface area contributed by atoms with Crippen molar-refractivity contribution in [3.63, 3.8) is 0 Å². The van der Waals surface area contributed by atoms with Gasteiger partial charge in [-0.15, -0.1) is 0 Å². The van der Waals surface area contributed by atoms with Crippen molar-refractivity contribution in [2.24, 2.45) is 0 Å². The Morgan fingerprint density at radius 1 is 1.21 bits per heavy atom. The molecule has 0 aromatic heterocycles. The Labute approximate surface area is 92.2 Å². The third-order valence-corrected chi connectivity index (χ3v) is 3.00. The van der Waals surface area contributed by atoms with Gasteiger partial charge >= 0.3 is 0 Å². The second-order valence-electron chi connectivity index (χ2n) is 3.18. The minimum Gasteiger partial charge on any atom is -0.497 e. The zero-order valence-corrected chi connectivity index (χ0v) is 9.49. The molecule has 0 spiro atoms. The number of halogens is 1. The van der Waals surface area contributed by atoms with E-state index in [1.807, 2.05) is 12.1 Å². The zero-order valence-electron chi connectivity index (χ0n) is 7.91. The lowest BCUT2D eigenvalue weighted by molar-refractivity contribution is 0.414. The average molecular weight is 251 g/mol. The van der Waals surface area contributed by atoms with Gasteiger partial charge in [0, 0.05) is 10.4 Å². The van der Waals surface area contributed by atoms with E-state index in [0.29, 0.717) is 5.92 Å². The number of ether oxygens (including phenoxy) is 1. The van der Waals surface area contributed by atoms with Crippen molar-refractivity contribution in [1.29, 1.82) is 0 Å². The molecule has 0 amide bonds. The van der Waals surface area contributed by atoms with Crippen LogP contribution in [0.1, 0.15) is 11.5 Å². The van der Waals surface area contributed by atoms with Gasteiger partial charge in [0.1, 0.15) is 5.75 Å². The lowest BCUT2D eigenvalue weighted by atomic mass is 10.0. The molecule has 0 atom stereocenters. The van der Waals surface area contributed by atoms with Crippen LogP contribution in [0.15, 0.2) is 47.0 Å². The highest BCUT2D eigenvalue weighted by molar-refractivity contribution is 9.10. The van der Waals surface area contributed by atoms with Gasteiger partial charge in [-0.3, -0.25) is 0 Å². The summed E-state index contributed by atoms with van der Waals surface area (Å²) in [6.45, 7) is 0. The molecule has 14 heavy (non-hydrogen) atoms. The van der Waals surface area contributed by atoms with E-state index in [0.717, 1.165) is 10.2 Å². The van der Waals surface area contributed by atoms with Crippen molar-refractivity contribution in [3.05, 3.63) is 52.5 Å². The Balaban J connectivity index is 2.35. The van der Waals surface area contributed by atoms with Gasteiger partial charge in [0.2, 0.25) is 0 Å². The highest BCUT2D eigenvalue weighted by atomic mass is 79.9. The Morgan fingerprint density at radius 3 is 2.50 bits per heavy atom. The fourth-order valence-electron chi connectivity index (χ4n) is 1.54. The summed E-state index contributed by atoms with van der Waals surface area (Å²) in [6, 6.07) is 6.07. The van der Waals surface area contributed by atoms with E-state index < -0.39 is 0 Å². The molecule has 2 heteroatoms. The Morgan fingerprint density at radius 2 is 1.93 bits per heavy atom. The molecule has 0 unspecified atom stereocenters. The molecule has 0 saturated carbocycles. The van der Waals surface area contributed by atoms with Crippen molar-refractivity contribution in [2.45, 2.75) is 5.92 Å². The van der Waals surface area contributed by atoms with E-state index >= 15 is 0 Å². The molecule has 0 fully saturated rings. The summed E-state index contributed by atoms with van der Waals surface area (Å²) < 4.78 is 6.24. The fourth-order valence-corrected chi connectivity index (χ4v) is 2.17. The van der Waals surface area contributed by atoms with Crippen LogP contribution in [0, 0.1) is 0 Å². The largest absolute Gasteiger partial charge is 0.497 e. The lowest BCUT2D eigenvalue weighted by Crippen LogP contribution is -1.91. The van der Waals surface area contributed by atoms with Crippen LogP contribution in [0.2, 0.25) is 0 Å². The Kier molecular flexibility index (Phi) is 2.73. The van der Waals surface area contributed by atoms with E-state index in [-0.39, 0.29) is 0 Å². The molecule has 2 rings (SSSR count). The molecular weight excluding hydrogens is 240 g/mol. The molecule has 1 nitrogen and oxygen atoms in total. The minimum atomic E-state index is 0.398. The molecule has 1 aromatic rings. The summed E-state index contributed by atoms with van der Waals surface area (Å²) >= 11 is 3.55. The summed E-state index contributed by atoms with van der Waals surface area (Å²) in [5.74, 6) is 1.28. The highest BCUT2D eigenvalue weighted by Crippen LogP contribution is 2.32. The topological polar surface area (TPSA) is 9.23 Å². The van der Waals surface area contributed by atoms with Crippen LogP contribution >= 0.6 is 15.9 Å². The summed E-state index contributed by atoms with van der Waals surface area (Å²) in [4.78, 5) is 0. The molecule has 0 N–H and O–H groups in total. The van der Waals surface area contributed by atoms with Gasteiger partial charge in [-0.25, -0.2) is 0 Å². The molecule has 0 radical (unpaired) electrons. The van der Waals surface area contributed by atoms with E-state index in [1.54, 1.807) is 7.11 Å². The monoisotopic (exact) mass is 250 g/mol. The second kappa shape index (κ2) is 4.01. The smallest absolute Gasteiger partial charge is 0.120 e. The van der Waals surface area contributed by atoms with E-state index in [9.17, 15) is 0 Å². The average Bonchev–Trinajstić information content (AvgIpc) is 2.70. The number of hydrogen-bond donors (Lipinski definition) is 0. The van der Waals surface area contributed by atoms with Crippen molar-refractivity contribution >= 4 is 15.9 Å². The standard InChI is InChI=1S/C12H11BrO/c1-14-10-6-7-11(12(13)8-10)9-4-2-3-5-9/h2-9H,1H3. The molecule has 1 aliphatic rings. The quantitative estimate of drug-likeness (QED) is 0.779. The summed E-state index contributed by atoms with van der Waals surface area (Å²) in [6.07, 6.45) is 8.49. The summed E-state index contributed by atoms with van der Waals surface area (Å²) in [7, 11) is 1.68.